The van der Waals surface area contributed by atoms with Gasteiger partial charge in [0.2, 0.25) is 5.88 Å². The standard InChI is InChI=1S/C27H38ClN3O3.C4H10O/c1-17(2)16-33-26-23(28)12-20(14-30-26)22-15-29-19(5)21(13-24(32)34-18(3)4)25(22)31-10-8-27(6,7)9-11-31;1-4(2,3)5/h12,14-15,17-18H,8-11,13,16H2,1-7H3;5H,1-3H3. The summed E-state index contributed by atoms with van der Waals surface area (Å²) in [7, 11) is 0. The van der Waals surface area contributed by atoms with E-state index >= 15 is 0 Å². The molecule has 0 atom stereocenters. The average molecular weight is 562 g/mol. The Morgan fingerprint density at radius 3 is 2.23 bits per heavy atom. The van der Waals surface area contributed by atoms with Crippen LogP contribution in [0.5, 0.6) is 5.88 Å². The molecule has 8 heteroatoms. The summed E-state index contributed by atoms with van der Waals surface area (Å²) in [6.45, 7) is 22.1. The van der Waals surface area contributed by atoms with Crippen LogP contribution < -0.4 is 9.64 Å². The molecule has 1 saturated heterocycles. The normalized spacial score (nSPS) is 15.2. The van der Waals surface area contributed by atoms with Crippen LogP contribution in [0.2, 0.25) is 5.02 Å². The van der Waals surface area contributed by atoms with Gasteiger partial charge in [0.25, 0.3) is 0 Å². The summed E-state index contributed by atoms with van der Waals surface area (Å²) in [4.78, 5) is 24.2. The molecule has 1 N–H and O–H groups in total. The predicted molar refractivity (Wildman–Crippen MR) is 160 cm³/mol. The topological polar surface area (TPSA) is 84.8 Å². The van der Waals surface area contributed by atoms with Crippen LogP contribution in [0.25, 0.3) is 11.1 Å². The third kappa shape index (κ3) is 11.0. The van der Waals surface area contributed by atoms with Gasteiger partial charge in [-0.3, -0.25) is 9.78 Å². The second kappa shape index (κ2) is 13.8. The smallest absolute Gasteiger partial charge is 0.310 e. The largest absolute Gasteiger partial charge is 0.476 e. The number of esters is 1. The van der Waals surface area contributed by atoms with Crippen LogP contribution >= 0.6 is 11.6 Å². The second-order valence-corrected chi connectivity index (χ2v) is 13.2. The molecule has 2 aromatic rings. The highest BCUT2D eigenvalue weighted by Gasteiger charge is 2.30. The van der Waals surface area contributed by atoms with Crippen molar-refractivity contribution in [1.29, 1.82) is 0 Å². The number of hydrogen-bond donors (Lipinski definition) is 1. The van der Waals surface area contributed by atoms with Crippen molar-refractivity contribution in [1.82, 2.24) is 9.97 Å². The maximum Gasteiger partial charge on any atom is 0.310 e. The summed E-state index contributed by atoms with van der Waals surface area (Å²) >= 11 is 6.56. The van der Waals surface area contributed by atoms with E-state index in [9.17, 15) is 4.79 Å². The Labute approximate surface area is 240 Å². The highest BCUT2D eigenvalue weighted by molar-refractivity contribution is 6.32. The van der Waals surface area contributed by atoms with Crippen LogP contribution in [0.15, 0.2) is 18.5 Å². The van der Waals surface area contributed by atoms with E-state index in [4.69, 9.17) is 26.2 Å². The van der Waals surface area contributed by atoms with Crippen molar-refractivity contribution in [2.75, 3.05) is 24.6 Å². The van der Waals surface area contributed by atoms with Crippen LogP contribution in [0.1, 0.15) is 86.4 Å². The number of aryl methyl sites for hydroxylation is 1. The Hall–Kier alpha value is -2.38. The Bertz CT molecular complexity index is 1090. The van der Waals surface area contributed by atoms with E-state index in [0.29, 0.717) is 28.8 Å². The van der Waals surface area contributed by atoms with Gasteiger partial charge in [0.15, 0.2) is 0 Å². The minimum Gasteiger partial charge on any atom is -0.476 e. The van der Waals surface area contributed by atoms with Crippen molar-refractivity contribution in [2.24, 2.45) is 11.3 Å². The van der Waals surface area contributed by atoms with Crippen molar-refractivity contribution >= 4 is 23.3 Å². The molecule has 0 radical (unpaired) electrons. The first-order valence-corrected chi connectivity index (χ1v) is 14.3. The lowest BCUT2D eigenvalue weighted by Gasteiger charge is -2.40. The summed E-state index contributed by atoms with van der Waals surface area (Å²) in [5.41, 5.74) is 4.34. The van der Waals surface area contributed by atoms with Crippen LogP contribution in [-0.4, -0.2) is 52.4 Å². The Balaban J connectivity index is 0.000000976. The van der Waals surface area contributed by atoms with Crippen LogP contribution in [0.4, 0.5) is 5.69 Å². The van der Waals surface area contributed by atoms with Gasteiger partial charge in [0.1, 0.15) is 5.02 Å². The van der Waals surface area contributed by atoms with Crippen LogP contribution in [0.3, 0.4) is 0 Å². The number of aliphatic hydroxyl groups is 1. The molecule has 0 bridgehead atoms. The molecule has 1 aliphatic rings. The summed E-state index contributed by atoms with van der Waals surface area (Å²) < 4.78 is 11.2. The molecule has 3 heterocycles. The number of ether oxygens (including phenoxy) is 2. The molecule has 0 unspecified atom stereocenters. The number of hydrogen-bond acceptors (Lipinski definition) is 7. The van der Waals surface area contributed by atoms with Crippen LogP contribution in [-0.2, 0) is 16.0 Å². The number of aromatic nitrogens is 2. The highest BCUT2D eigenvalue weighted by atomic mass is 35.5. The van der Waals surface area contributed by atoms with Gasteiger partial charge in [-0.1, -0.05) is 39.3 Å². The van der Waals surface area contributed by atoms with Gasteiger partial charge in [0, 0.05) is 47.9 Å². The monoisotopic (exact) mass is 561 g/mol. The SMILES string of the molecule is CC(C)(C)O.Cc1ncc(-c2cnc(OCC(C)C)c(Cl)c2)c(N2CCC(C)(C)CC2)c1CC(=O)OC(C)C. The Morgan fingerprint density at radius 2 is 1.72 bits per heavy atom. The molecule has 218 valence electrons. The minimum atomic E-state index is -0.500. The fraction of sp³-hybridized carbons (Fsp3) is 0.645. The van der Waals surface area contributed by atoms with Crippen molar-refractivity contribution < 1.29 is 19.4 Å². The number of halogens is 1. The molecule has 0 amide bonds. The molecule has 1 aliphatic heterocycles. The molecular weight excluding hydrogens is 514 g/mol. The lowest BCUT2D eigenvalue weighted by molar-refractivity contribution is -0.146. The number of carbonyl (C=O) groups excluding carboxylic acids is 1. The fourth-order valence-electron chi connectivity index (χ4n) is 4.13. The summed E-state index contributed by atoms with van der Waals surface area (Å²) in [5.74, 6) is 0.562. The lowest BCUT2D eigenvalue weighted by Crippen LogP contribution is -2.38. The Kier molecular flexibility index (Phi) is 11.6. The van der Waals surface area contributed by atoms with Gasteiger partial charge in [-0.2, -0.15) is 0 Å². The zero-order valence-electron chi connectivity index (χ0n) is 25.5. The Morgan fingerprint density at radius 1 is 1.13 bits per heavy atom. The predicted octanol–water partition coefficient (Wildman–Crippen LogP) is 7.04. The van der Waals surface area contributed by atoms with Gasteiger partial charge < -0.3 is 19.5 Å². The van der Waals surface area contributed by atoms with Crippen LogP contribution in [0, 0.1) is 18.3 Å². The van der Waals surface area contributed by atoms with E-state index in [-0.39, 0.29) is 18.5 Å². The third-order valence-corrected chi connectivity index (χ3v) is 6.43. The lowest BCUT2D eigenvalue weighted by atomic mass is 9.82. The molecule has 2 aromatic heterocycles. The van der Waals surface area contributed by atoms with Gasteiger partial charge >= 0.3 is 5.97 Å². The number of pyridine rings is 2. The first kappa shape index (κ1) is 32.8. The van der Waals surface area contributed by atoms with E-state index in [0.717, 1.165) is 54.0 Å². The van der Waals surface area contributed by atoms with Gasteiger partial charge in [0.05, 0.1) is 30.4 Å². The summed E-state index contributed by atoms with van der Waals surface area (Å²) in [6, 6.07) is 1.88. The zero-order chi connectivity index (χ0) is 29.5. The number of carbonyl (C=O) groups is 1. The maximum atomic E-state index is 12.7. The minimum absolute atomic E-state index is 0.162. The van der Waals surface area contributed by atoms with Crippen molar-refractivity contribution in [3.05, 3.63) is 34.7 Å². The van der Waals surface area contributed by atoms with E-state index in [2.05, 4.69) is 42.6 Å². The average Bonchev–Trinajstić information content (AvgIpc) is 2.78. The molecular formula is C31H48ClN3O4. The summed E-state index contributed by atoms with van der Waals surface area (Å²) in [6.07, 6.45) is 5.81. The molecule has 0 spiro atoms. The van der Waals surface area contributed by atoms with Crippen molar-refractivity contribution in [3.63, 3.8) is 0 Å². The molecule has 1 fully saturated rings. The molecule has 0 aliphatic carbocycles. The number of rotatable bonds is 8. The fourth-order valence-corrected chi connectivity index (χ4v) is 4.35. The van der Waals surface area contributed by atoms with Gasteiger partial charge in [-0.05, 0) is 71.8 Å². The van der Waals surface area contributed by atoms with E-state index in [1.54, 1.807) is 27.0 Å². The molecule has 39 heavy (non-hydrogen) atoms. The zero-order valence-corrected chi connectivity index (χ0v) is 26.3. The second-order valence-electron chi connectivity index (χ2n) is 12.8. The summed E-state index contributed by atoms with van der Waals surface area (Å²) in [5, 5.41) is 8.98. The highest BCUT2D eigenvalue weighted by Crippen LogP contribution is 2.41. The first-order chi connectivity index (χ1) is 18.0. The van der Waals surface area contributed by atoms with Gasteiger partial charge in [-0.25, -0.2) is 4.98 Å². The van der Waals surface area contributed by atoms with Crippen molar-refractivity contribution in [3.8, 4) is 17.0 Å². The van der Waals surface area contributed by atoms with E-state index in [1.807, 2.05) is 33.0 Å². The van der Waals surface area contributed by atoms with Crippen molar-refractivity contribution in [2.45, 2.75) is 100 Å². The third-order valence-electron chi connectivity index (χ3n) is 6.16. The molecule has 0 saturated carbocycles. The molecule has 3 rings (SSSR count). The maximum absolute atomic E-state index is 12.7. The quantitative estimate of drug-likeness (QED) is 0.346. The first-order valence-electron chi connectivity index (χ1n) is 13.9. The number of anilines is 1. The number of piperidine rings is 1. The van der Waals surface area contributed by atoms with E-state index in [1.165, 1.54) is 0 Å². The van der Waals surface area contributed by atoms with Gasteiger partial charge in [-0.15, -0.1) is 0 Å². The molecule has 7 nitrogen and oxygen atoms in total. The number of nitrogens with zero attached hydrogens (tertiary/aromatic N) is 3. The molecule has 0 aromatic carbocycles. The van der Waals surface area contributed by atoms with E-state index < -0.39 is 5.60 Å².